The molecule has 0 aromatic heterocycles. The van der Waals surface area contributed by atoms with Crippen LogP contribution in [0.1, 0.15) is 33.1 Å². The summed E-state index contributed by atoms with van der Waals surface area (Å²) in [4.78, 5) is 22.2. The van der Waals surface area contributed by atoms with Crippen molar-refractivity contribution in [1.82, 2.24) is 0 Å². The number of ether oxygens (including phenoxy) is 1. The molecule has 2 aliphatic carbocycles. The van der Waals surface area contributed by atoms with E-state index in [1.165, 1.54) is 12.5 Å². The lowest BCUT2D eigenvalue weighted by Gasteiger charge is -2.24. The number of allylic oxidation sites excluding steroid dienone is 1. The molecule has 2 rings (SSSR count). The summed E-state index contributed by atoms with van der Waals surface area (Å²) in [7, 11) is 0. The predicted octanol–water partition coefficient (Wildman–Crippen LogP) is 1.86. The van der Waals surface area contributed by atoms with Gasteiger partial charge in [0.15, 0.2) is 5.78 Å². The molecular weight excluding hydrogens is 192 g/mol. The van der Waals surface area contributed by atoms with Crippen LogP contribution in [0.4, 0.5) is 0 Å². The fraction of sp³-hybridized carbons (Fsp3) is 0.667. The Morgan fingerprint density at radius 1 is 1.53 bits per heavy atom. The van der Waals surface area contributed by atoms with E-state index in [4.69, 9.17) is 4.74 Å². The number of hydrogen-bond acceptors (Lipinski definition) is 3. The molecule has 2 aliphatic rings. The third-order valence-electron chi connectivity index (χ3n) is 3.34. The molecule has 0 saturated heterocycles. The first-order valence-electron chi connectivity index (χ1n) is 5.48. The van der Waals surface area contributed by atoms with E-state index in [0.717, 1.165) is 12.8 Å². The lowest BCUT2D eigenvalue weighted by Crippen LogP contribution is -2.27. The molecule has 1 saturated carbocycles. The summed E-state index contributed by atoms with van der Waals surface area (Å²) >= 11 is 0. The molecule has 0 N–H and O–H groups in total. The molecule has 3 heteroatoms. The number of fused-ring (bicyclic) bond motifs is 1. The maximum atomic E-state index is 11.3. The number of hydrogen-bond donors (Lipinski definition) is 0. The molecule has 2 unspecified atom stereocenters. The minimum atomic E-state index is -0.218. The fourth-order valence-corrected chi connectivity index (χ4v) is 2.73. The van der Waals surface area contributed by atoms with E-state index < -0.39 is 0 Å². The Morgan fingerprint density at radius 3 is 2.93 bits per heavy atom. The van der Waals surface area contributed by atoms with Gasteiger partial charge in [-0.2, -0.15) is 0 Å². The van der Waals surface area contributed by atoms with Gasteiger partial charge in [0, 0.05) is 19.3 Å². The van der Waals surface area contributed by atoms with Gasteiger partial charge < -0.3 is 4.74 Å². The van der Waals surface area contributed by atoms with Gasteiger partial charge in [-0.15, -0.1) is 0 Å². The van der Waals surface area contributed by atoms with Gasteiger partial charge in [0.2, 0.25) is 0 Å². The molecule has 0 radical (unpaired) electrons. The zero-order valence-electron chi connectivity index (χ0n) is 9.16. The van der Waals surface area contributed by atoms with Crippen molar-refractivity contribution in [2.75, 3.05) is 0 Å². The van der Waals surface area contributed by atoms with Crippen LogP contribution in [0.3, 0.4) is 0 Å². The van der Waals surface area contributed by atoms with Gasteiger partial charge >= 0.3 is 5.97 Å². The fourth-order valence-electron chi connectivity index (χ4n) is 2.73. The monoisotopic (exact) mass is 208 g/mol. The molecule has 0 spiro atoms. The van der Waals surface area contributed by atoms with E-state index in [9.17, 15) is 9.59 Å². The van der Waals surface area contributed by atoms with Crippen LogP contribution in [-0.4, -0.2) is 17.9 Å². The Kier molecular flexibility index (Phi) is 2.63. The summed E-state index contributed by atoms with van der Waals surface area (Å²) in [5.74, 6) is 0.638. The summed E-state index contributed by atoms with van der Waals surface area (Å²) in [5.41, 5.74) is 1.19. The Bertz CT molecular complexity index is 330. The molecule has 0 aromatic carbocycles. The van der Waals surface area contributed by atoms with E-state index in [0.29, 0.717) is 18.3 Å². The van der Waals surface area contributed by atoms with Gasteiger partial charge in [-0.1, -0.05) is 12.5 Å². The molecule has 0 aliphatic heterocycles. The van der Waals surface area contributed by atoms with Crippen LogP contribution in [0, 0.1) is 11.8 Å². The molecule has 82 valence electrons. The number of carbonyl (C=O) groups is 2. The molecule has 0 bridgehead atoms. The molecule has 15 heavy (non-hydrogen) atoms. The van der Waals surface area contributed by atoms with Crippen molar-refractivity contribution in [3.05, 3.63) is 11.6 Å². The Hall–Kier alpha value is -1.12. The standard InChI is InChI=1S/C12H16O3/c1-7-5-9-6-10(14)3-4-11(9)12(7)15-8(2)13/h6-7,11-12H,3-5H2,1-2H3/t7?,11?,12-/m1/s1. The normalized spacial score (nSPS) is 34.7. The number of carbonyl (C=O) groups excluding carboxylic acids is 2. The zero-order valence-corrected chi connectivity index (χ0v) is 9.16. The van der Waals surface area contributed by atoms with E-state index in [2.05, 4.69) is 6.92 Å². The highest BCUT2D eigenvalue weighted by atomic mass is 16.5. The van der Waals surface area contributed by atoms with Gasteiger partial charge in [0.25, 0.3) is 0 Å². The van der Waals surface area contributed by atoms with Crippen molar-refractivity contribution in [1.29, 1.82) is 0 Å². The Morgan fingerprint density at radius 2 is 2.27 bits per heavy atom. The van der Waals surface area contributed by atoms with Crippen LogP contribution in [0.25, 0.3) is 0 Å². The Balaban J connectivity index is 2.17. The minimum absolute atomic E-state index is 0.0122. The third kappa shape index (κ3) is 1.96. The molecular formula is C12H16O3. The smallest absolute Gasteiger partial charge is 0.302 e. The maximum Gasteiger partial charge on any atom is 0.302 e. The molecule has 3 atom stereocenters. The SMILES string of the molecule is CC(=O)O[C@@H]1C(C)CC2=CC(=O)CCC21. The lowest BCUT2D eigenvalue weighted by molar-refractivity contribution is -0.149. The summed E-state index contributed by atoms with van der Waals surface area (Å²) in [6, 6.07) is 0. The van der Waals surface area contributed by atoms with Gasteiger partial charge in [0.1, 0.15) is 6.10 Å². The maximum absolute atomic E-state index is 11.3. The van der Waals surface area contributed by atoms with Gasteiger partial charge in [-0.3, -0.25) is 9.59 Å². The van der Waals surface area contributed by atoms with Crippen LogP contribution in [-0.2, 0) is 14.3 Å². The van der Waals surface area contributed by atoms with E-state index in [-0.39, 0.29) is 17.9 Å². The van der Waals surface area contributed by atoms with Crippen LogP contribution in [0.5, 0.6) is 0 Å². The van der Waals surface area contributed by atoms with Crippen LogP contribution < -0.4 is 0 Å². The minimum Gasteiger partial charge on any atom is -0.462 e. The number of ketones is 1. The predicted molar refractivity (Wildman–Crippen MR) is 55.1 cm³/mol. The van der Waals surface area contributed by atoms with Gasteiger partial charge in [-0.25, -0.2) is 0 Å². The van der Waals surface area contributed by atoms with Crippen molar-refractivity contribution >= 4 is 11.8 Å². The van der Waals surface area contributed by atoms with E-state index in [1.54, 1.807) is 6.08 Å². The van der Waals surface area contributed by atoms with E-state index in [1.807, 2.05) is 0 Å². The molecule has 1 fully saturated rings. The zero-order chi connectivity index (χ0) is 11.0. The second kappa shape index (κ2) is 3.80. The number of esters is 1. The second-order valence-corrected chi connectivity index (χ2v) is 4.59. The quantitative estimate of drug-likeness (QED) is 0.618. The average molecular weight is 208 g/mol. The van der Waals surface area contributed by atoms with Crippen molar-refractivity contribution in [3.8, 4) is 0 Å². The van der Waals surface area contributed by atoms with Crippen LogP contribution >= 0.6 is 0 Å². The van der Waals surface area contributed by atoms with Crippen molar-refractivity contribution in [2.24, 2.45) is 11.8 Å². The molecule has 0 heterocycles. The molecule has 0 aromatic rings. The topological polar surface area (TPSA) is 43.4 Å². The molecule has 0 amide bonds. The summed E-state index contributed by atoms with van der Waals surface area (Å²) in [5, 5.41) is 0. The van der Waals surface area contributed by atoms with Crippen LogP contribution in [0.15, 0.2) is 11.6 Å². The summed E-state index contributed by atoms with van der Waals surface area (Å²) in [6.07, 6.45) is 4.08. The highest BCUT2D eigenvalue weighted by molar-refractivity contribution is 5.91. The average Bonchev–Trinajstić information content (AvgIpc) is 2.41. The van der Waals surface area contributed by atoms with Crippen LogP contribution in [0.2, 0.25) is 0 Å². The Labute approximate surface area is 89.5 Å². The molecule has 3 nitrogen and oxygen atoms in total. The van der Waals surface area contributed by atoms with Crippen molar-refractivity contribution < 1.29 is 14.3 Å². The highest BCUT2D eigenvalue weighted by Crippen LogP contribution is 2.42. The van der Waals surface area contributed by atoms with Crippen molar-refractivity contribution in [2.45, 2.75) is 39.2 Å². The first kappa shape index (κ1) is 10.4. The first-order valence-corrected chi connectivity index (χ1v) is 5.48. The van der Waals surface area contributed by atoms with E-state index >= 15 is 0 Å². The lowest BCUT2D eigenvalue weighted by atomic mass is 9.88. The number of rotatable bonds is 1. The summed E-state index contributed by atoms with van der Waals surface area (Å²) in [6.45, 7) is 3.53. The van der Waals surface area contributed by atoms with Gasteiger partial charge in [0.05, 0.1) is 0 Å². The van der Waals surface area contributed by atoms with Gasteiger partial charge in [-0.05, 0) is 24.8 Å². The summed E-state index contributed by atoms with van der Waals surface area (Å²) < 4.78 is 5.34. The first-order chi connectivity index (χ1) is 7.08. The second-order valence-electron chi connectivity index (χ2n) is 4.59. The largest absolute Gasteiger partial charge is 0.462 e. The highest BCUT2D eigenvalue weighted by Gasteiger charge is 2.41. The third-order valence-corrected chi connectivity index (χ3v) is 3.34. The van der Waals surface area contributed by atoms with Crippen molar-refractivity contribution in [3.63, 3.8) is 0 Å².